The molecular formula is C25H28N4O3. The molecule has 0 aromatic heterocycles. The fourth-order valence-corrected chi connectivity index (χ4v) is 3.09. The number of ether oxygens (including phenoxy) is 1. The van der Waals surface area contributed by atoms with Crippen molar-refractivity contribution in [2.75, 3.05) is 31.3 Å². The molecule has 0 saturated carbocycles. The average Bonchev–Trinajstić information content (AvgIpc) is 2.77. The van der Waals surface area contributed by atoms with E-state index in [1.54, 1.807) is 36.4 Å². The van der Waals surface area contributed by atoms with Crippen molar-refractivity contribution in [2.24, 2.45) is 0 Å². The summed E-state index contributed by atoms with van der Waals surface area (Å²) in [7, 11) is 4.04. The Kier molecular flexibility index (Phi) is 8.22. The topological polar surface area (TPSA) is 82.7 Å². The minimum atomic E-state index is -0.318. The van der Waals surface area contributed by atoms with Gasteiger partial charge in [-0.15, -0.1) is 0 Å². The van der Waals surface area contributed by atoms with Crippen LogP contribution in [0, 0.1) is 0 Å². The lowest BCUT2D eigenvalue weighted by Crippen LogP contribution is -2.28. The first-order chi connectivity index (χ1) is 15.5. The normalized spacial score (nSPS) is 10.5. The molecule has 0 atom stereocenters. The van der Waals surface area contributed by atoms with Crippen LogP contribution in [0.1, 0.15) is 11.1 Å². The Morgan fingerprint density at radius 1 is 0.812 bits per heavy atom. The number of hydrogen-bond donors (Lipinski definition) is 3. The summed E-state index contributed by atoms with van der Waals surface area (Å²) < 4.78 is 5.55. The molecule has 3 aromatic carbocycles. The summed E-state index contributed by atoms with van der Waals surface area (Å²) in [6, 6.07) is 23.9. The maximum absolute atomic E-state index is 12.3. The average molecular weight is 433 g/mol. The molecule has 7 nitrogen and oxygen atoms in total. The summed E-state index contributed by atoms with van der Waals surface area (Å²) in [6.07, 6.45) is 0. The number of para-hydroxylation sites is 1. The predicted octanol–water partition coefficient (Wildman–Crippen LogP) is 4.09. The van der Waals surface area contributed by atoms with E-state index in [4.69, 9.17) is 4.74 Å². The van der Waals surface area contributed by atoms with E-state index < -0.39 is 0 Å². The third kappa shape index (κ3) is 7.77. The van der Waals surface area contributed by atoms with E-state index in [1.807, 2.05) is 44.4 Å². The van der Waals surface area contributed by atoms with Gasteiger partial charge in [0.2, 0.25) is 0 Å². The molecule has 0 aliphatic carbocycles. The minimum Gasteiger partial charge on any atom is -0.484 e. The van der Waals surface area contributed by atoms with Crippen molar-refractivity contribution in [2.45, 2.75) is 13.1 Å². The zero-order valence-electron chi connectivity index (χ0n) is 18.3. The highest BCUT2D eigenvalue weighted by Gasteiger charge is 2.06. The third-order valence-electron chi connectivity index (χ3n) is 4.46. The number of carbonyl (C=O) groups is 2. The molecule has 3 aromatic rings. The summed E-state index contributed by atoms with van der Waals surface area (Å²) in [4.78, 5) is 26.4. The van der Waals surface area contributed by atoms with E-state index >= 15 is 0 Å². The Labute approximate surface area is 188 Å². The molecule has 0 aliphatic heterocycles. The first kappa shape index (κ1) is 22.8. The third-order valence-corrected chi connectivity index (χ3v) is 4.46. The Bertz CT molecular complexity index is 1040. The van der Waals surface area contributed by atoms with E-state index in [9.17, 15) is 9.59 Å². The highest BCUT2D eigenvalue weighted by molar-refractivity contribution is 5.92. The Hall–Kier alpha value is -3.84. The van der Waals surface area contributed by atoms with Gasteiger partial charge in [0.1, 0.15) is 5.75 Å². The van der Waals surface area contributed by atoms with Gasteiger partial charge in [-0.25, -0.2) is 4.79 Å². The molecule has 0 heterocycles. The number of benzene rings is 3. The summed E-state index contributed by atoms with van der Waals surface area (Å²) in [6.45, 7) is 1.13. The van der Waals surface area contributed by atoms with Crippen LogP contribution < -0.4 is 20.7 Å². The molecule has 0 bridgehead atoms. The number of nitrogens with zero attached hydrogens (tertiary/aromatic N) is 1. The van der Waals surface area contributed by atoms with Crippen molar-refractivity contribution in [3.05, 3.63) is 90.0 Å². The smallest absolute Gasteiger partial charge is 0.319 e. The molecule has 0 radical (unpaired) electrons. The van der Waals surface area contributed by atoms with Gasteiger partial charge in [0.25, 0.3) is 5.91 Å². The summed E-state index contributed by atoms with van der Waals surface area (Å²) in [5, 5.41) is 8.40. The molecule has 32 heavy (non-hydrogen) atoms. The number of nitrogens with one attached hydrogen (secondary N) is 3. The summed E-state index contributed by atoms with van der Waals surface area (Å²) in [5.41, 5.74) is 3.50. The fraction of sp³-hybridized carbons (Fsp3) is 0.200. The predicted molar refractivity (Wildman–Crippen MR) is 127 cm³/mol. The molecule has 0 aliphatic rings. The number of hydrogen-bond acceptors (Lipinski definition) is 4. The van der Waals surface area contributed by atoms with E-state index in [2.05, 4.69) is 33.0 Å². The zero-order valence-corrected chi connectivity index (χ0v) is 18.3. The van der Waals surface area contributed by atoms with Gasteiger partial charge >= 0.3 is 6.03 Å². The quantitative estimate of drug-likeness (QED) is 0.476. The lowest BCUT2D eigenvalue weighted by molar-refractivity contribution is -0.118. The molecule has 3 N–H and O–H groups in total. The van der Waals surface area contributed by atoms with Crippen molar-refractivity contribution in [1.29, 1.82) is 0 Å². The largest absolute Gasteiger partial charge is 0.484 e. The van der Waals surface area contributed by atoms with Crippen molar-refractivity contribution < 1.29 is 14.3 Å². The highest BCUT2D eigenvalue weighted by Crippen LogP contribution is 2.17. The second-order valence-electron chi connectivity index (χ2n) is 7.60. The van der Waals surface area contributed by atoms with Crippen LogP contribution in [0.15, 0.2) is 78.9 Å². The Morgan fingerprint density at radius 3 is 2.31 bits per heavy atom. The maximum Gasteiger partial charge on any atom is 0.319 e. The van der Waals surface area contributed by atoms with Gasteiger partial charge in [0.05, 0.1) is 0 Å². The highest BCUT2D eigenvalue weighted by atomic mass is 16.5. The molecule has 0 saturated heterocycles. The summed E-state index contributed by atoms with van der Waals surface area (Å²) >= 11 is 0. The molecular weight excluding hydrogens is 404 g/mol. The molecule has 0 unspecified atom stereocenters. The van der Waals surface area contributed by atoms with Crippen LogP contribution in [0.3, 0.4) is 0 Å². The van der Waals surface area contributed by atoms with E-state index in [-0.39, 0.29) is 18.5 Å². The number of rotatable bonds is 9. The fourth-order valence-electron chi connectivity index (χ4n) is 3.09. The van der Waals surface area contributed by atoms with Crippen LogP contribution in [-0.2, 0) is 17.9 Å². The molecule has 0 fully saturated rings. The van der Waals surface area contributed by atoms with Crippen LogP contribution >= 0.6 is 0 Å². The molecule has 0 spiro atoms. The van der Waals surface area contributed by atoms with E-state index in [1.165, 1.54) is 5.56 Å². The molecule has 3 rings (SSSR count). The number of carbonyl (C=O) groups excluding carboxylic acids is 2. The lowest BCUT2D eigenvalue weighted by Gasteiger charge is -2.12. The van der Waals surface area contributed by atoms with Crippen LogP contribution in [0.25, 0.3) is 0 Å². The van der Waals surface area contributed by atoms with Gasteiger partial charge in [-0.2, -0.15) is 0 Å². The van der Waals surface area contributed by atoms with Gasteiger partial charge < -0.3 is 25.6 Å². The van der Waals surface area contributed by atoms with E-state index in [0.29, 0.717) is 23.7 Å². The maximum atomic E-state index is 12.3. The van der Waals surface area contributed by atoms with Crippen LogP contribution in [-0.4, -0.2) is 37.5 Å². The van der Waals surface area contributed by atoms with Gasteiger partial charge in [0.15, 0.2) is 6.61 Å². The van der Waals surface area contributed by atoms with Gasteiger partial charge in [-0.05, 0) is 49.5 Å². The Morgan fingerprint density at radius 2 is 1.53 bits per heavy atom. The first-order valence-corrected chi connectivity index (χ1v) is 10.3. The molecule has 166 valence electrons. The SMILES string of the molecule is CN(C)Cc1cccc(CNC(=O)Nc2cccc(OCC(=O)Nc3ccccc3)c2)c1. The number of anilines is 2. The van der Waals surface area contributed by atoms with Crippen molar-refractivity contribution >= 4 is 23.3 Å². The lowest BCUT2D eigenvalue weighted by atomic mass is 10.1. The van der Waals surface area contributed by atoms with Crippen LogP contribution in [0.4, 0.5) is 16.2 Å². The van der Waals surface area contributed by atoms with Gasteiger partial charge in [0, 0.05) is 30.5 Å². The molecule has 7 heteroatoms. The van der Waals surface area contributed by atoms with Crippen LogP contribution in [0.2, 0.25) is 0 Å². The van der Waals surface area contributed by atoms with Crippen molar-refractivity contribution in [1.82, 2.24) is 10.2 Å². The van der Waals surface area contributed by atoms with Crippen molar-refractivity contribution in [3.8, 4) is 5.75 Å². The molecule has 3 amide bonds. The standard InChI is InChI=1S/C25H28N4O3/c1-29(2)17-20-9-6-8-19(14-20)16-26-25(31)28-22-12-7-13-23(15-22)32-18-24(30)27-21-10-4-3-5-11-21/h3-15H,16-18H2,1-2H3,(H,27,30)(H2,26,28,31). The summed E-state index contributed by atoms with van der Waals surface area (Å²) in [5.74, 6) is 0.228. The van der Waals surface area contributed by atoms with Gasteiger partial charge in [-0.3, -0.25) is 4.79 Å². The van der Waals surface area contributed by atoms with Gasteiger partial charge in [-0.1, -0.05) is 48.5 Å². The second-order valence-corrected chi connectivity index (χ2v) is 7.60. The van der Waals surface area contributed by atoms with E-state index in [0.717, 1.165) is 12.1 Å². The number of amides is 3. The minimum absolute atomic E-state index is 0.131. The van der Waals surface area contributed by atoms with Crippen molar-refractivity contribution in [3.63, 3.8) is 0 Å². The number of urea groups is 1. The monoisotopic (exact) mass is 432 g/mol. The second kappa shape index (κ2) is 11.5. The van der Waals surface area contributed by atoms with Crippen LogP contribution in [0.5, 0.6) is 5.75 Å². The zero-order chi connectivity index (χ0) is 22.8. The first-order valence-electron chi connectivity index (χ1n) is 10.3. The Balaban J connectivity index is 1.46.